The predicted octanol–water partition coefficient (Wildman–Crippen LogP) is 2.16. The van der Waals surface area contributed by atoms with Crippen molar-refractivity contribution in [2.24, 2.45) is 5.92 Å². The van der Waals surface area contributed by atoms with Crippen molar-refractivity contribution < 1.29 is 14.3 Å². The van der Waals surface area contributed by atoms with Crippen LogP contribution in [0.4, 0.5) is 0 Å². The molecular weight excluding hydrogens is 312 g/mol. The van der Waals surface area contributed by atoms with Crippen LogP contribution >= 0.6 is 15.9 Å². The molecule has 19 heavy (non-hydrogen) atoms. The Labute approximate surface area is 120 Å². The standard InChI is InChI=1S/C13H17BrN2O3/c1-8(2)6-10(13(18)19-3)16-12(17)9-4-5-15-11(14)7-9/h4-5,7-8,10H,6H2,1-3H3,(H,16,17). The molecule has 1 N–H and O–H groups in total. The number of pyridine rings is 1. The highest BCUT2D eigenvalue weighted by atomic mass is 79.9. The zero-order chi connectivity index (χ0) is 14.4. The molecule has 1 aromatic rings. The zero-order valence-corrected chi connectivity index (χ0v) is 12.7. The second-order valence-corrected chi connectivity index (χ2v) is 5.36. The van der Waals surface area contributed by atoms with Crippen LogP contribution in [0, 0.1) is 5.92 Å². The van der Waals surface area contributed by atoms with Crippen molar-refractivity contribution in [3.63, 3.8) is 0 Å². The molecule has 1 aromatic heterocycles. The Bertz CT molecular complexity index is 463. The largest absolute Gasteiger partial charge is 0.467 e. The summed E-state index contributed by atoms with van der Waals surface area (Å²) in [5, 5.41) is 2.68. The van der Waals surface area contributed by atoms with E-state index in [0.29, 0.717) is 16.6 Å². The van der Waals surface area contributed by atoms with Crippen molar-refractivity contribution in [1.29, 1.82) is 0 Å². The predicted molar refractivity (Wildman–Crippen MR) is 74.7 cm³/mol. The monoisotopic (exact) mass is 328 g/mol. The summed E-state index contributed by atoms with van der Waals surface area (Å²) in [5.74, 6) is -0.483. The summed E-state index contributed by atoms with van der Waals surface area (Å²) >= 11 is 3.20. The molecule has 1 rings (SSSR count). The van der Waals surface area contributed by atoms with Crippen molar-refractivity contribution in [1.82, 2.24) is 10.3 Å². The second kappa shape index (κ2) is 7.23. The first-order chi connectivity index (χ1) is 8.93. The summed E-state index contributed by atoms with van der Waals surface area (Å²) in [6, 6.07) is 2.55. The van der Waals surface area contributed by atoms with Gasteiger partial charge in [-0.1, -0.05) is 13.8 Å². The number of nitrogens with zero attached hydrogens (tertiary/aromatic N) is 1. The van der Waals surface area contributed by atoms with Crippen LogP contribution in [0.1, 0.15) is 30.6 Å². The van der Waals surface area contributed by atoms with Crippen LogP contribution in [0.5, 0.6) is 0 Å². The number of aromatic nitrogens is 1. The maximum Gasteiger partial charge on any atom is 0.328 e. The number of carbonyl (C=O) groups is 2. The van der Waals surface area contributed by atoms with Gasteiger partial charge in [-0.25, -0.2) is 9.78 Å². The lowest BCUT2D eigenvalue weighted by atomic mass is 10.0. The van der Waals surface area contributed by atoms with E-state index in [1.165, 1.54) is 13.3 Å². The first kappa shape index (κ1) is 15.6. The quantitative estimate of drug-likeness (QED) is 0.664. The lowest BCUT2D eigenvalue weighted by Crippen LogP contribution is -2.42. The molecule has 5 nitrogen and oxygen atoms in total. The van der Waals surface area contributed by atoms with E-state index in [0.717, 1.165) is 0 Å². The Morgan fingerprint density at radius 2 is 2.16 bits per heavy atom. The first-order valence-electron chi connectivity index (χ1n) is 5.94. The second-order valence-electron chi connectivity index (χ2n) is 4.55. The van der Waals surface area contributed by atoms with E-state index in [2.05, 4.69) is 26.2 Å². The fourth-order valence-electron chi connectivity index (χ4n) is 1.61. The van der Waals surface area contributed by atoms with Gasteiger partial charge in [0, 0.05) is 11.8 Å². The van der Waals surface area contributed by atoms with Gasteiger partial charge in [-0.2, -0.15) is 0 Å². The minimum atomic E-state index is -0.635. The lowest BCUT2D eigenvalue weighted by Gasteiger charge is -2.18. The average molecular weight is 329 g/mol. The van der Waals surface area contributed by atoms with Crippen LogP contribution in [-0.2, 0) is 9.53 Å². The topological polar surface area (TPSA) is 68.3 Å². The fraction of sp³-hybridized carbons (Fsp3) is 0.462. The van der Waals surface area contributed by atoms with E-state index in [1.807, 2.05) is 13.8 Å². The third kappa shape index (κ3) is 4.98. The Balaban J connectivity index is 2.78. The molecule has 6 heteroatoms. The highest BCUT2D eigenvalue weighted by Gasteiger charge is 2.23. The molecule has 0 radical (unpaired) electrons. The van der Waals surface area contributed by atoms with Gasteiger partial charge in [-0.15, -0.1) is 0 Å². The molecule has 0 saturated heterocycles. The highest BCUT2D eigenvalue weighted by Crippen LogP contribution is 2.10. The smallest absolute Gasteiger partial charge is 0.328 e. The first-order valence-corrected chi connectivity index (χ1v) is 6.73. The van der Waals surface area contributed by atoms with Gasteiger partial charge in [0.1, 0.15) is 10.6 Å². The van der Waals surface area contributed by atoms with Crippen LogP contribution < -0.4 is 5.32 Å². The number of hydrogen-bond acceptors (Lipinski definition) is 4. The summed E-state index contributed by atoms with van der Waals surface area (Å²) in [5.41, 5.74) is 0.444. The summed E-state index contributed by atoms with van der Waals surface area (Å²) in [7, 11) is 1.31. The molecule has 0 aromatic carbocycles. The van der Waals surface area contributed by atoms with E-state index in [-0.39, 0.29) is 11.8 Å². The molecule has 0 spiro atoms. The normalized spacial score (nSPS) is 12.1. The molecule has 1 amide bonds. The Morgan fingerprint density at radius 3 is 2.68 bits per heavy atom. The Morgan fingerprint density at radius 1 is 1.47 bits per heavy atom. The lowest BCUT2D eigenvalue weighted by molar-refractivity contribution is -0.143. The van der Waals surface area contributed by atoms with Crippen molar-refractivity contribution in [2.75, 3.05) is 7.11 Å². The summed E-state index contributed by atoms with van der Waals surface area (Å²) in [6.07, 6.45) is 2.05. The number of esters is 1. The minimum absolute atomic E-state index is 0.272. The summed E-state index contributed by atoms with van der Waals surface area (Å²) in [4.78, 5) is 27.6. The van der Waals surface area contributed by atoms with Gasteiger partial charge in [-0.05, 0) is 40.4 Å². The van der Waals surface area contributed by atoms with E-state index in [4.69, 9.17) is 4.74 Å². The van der Waals surface area contributed by atoms with E-state index < -0.39 is 12.0 Å². The Kier molecular flexibility index (Phi) is 5.95. The number of halogens is 1. The molecule has 1 heterocycles. The van der Waals surface area contributed by atoms with Crippen molar-refractivity contribution in [3.05, 3.63) is 28.5 Å². The van der Waals surface area contributed by atoms with Crippen LogP contribution in [0.3, 0.4) is 0 Å². The number of methoxy groups -OCH3 is 1. The number of amides is 1. The van der Waals surface area contributed by atoms with Gasteiger partial charge in [0.15, 0.2) is 0 Å². The molecule has 0 aliphatic heterocycles. The maximum absolute atomic E-state index is 12.0. The Hall–Kier alpha value is -1.43. The van der Waals surface area contributed by atoms with E-state index in [1.54, 1.807) is 12.1 Å². The molecule has 0 bridgehead atoms. The fourth-order valence-corrected chi connectivity index (χ4v) is 1.98. The van der Waals surface area contributed by atoms with Crippen molar-refractivity contribution >= 4 is 27.8 Å². The average Bonchev–Trinajstić information content (AvgIpc) is 2.36. The van der Waals surface area contributed by atoms with Gasteiger partial charge < -0.3 is 10.1 Å². The maximum atomic E-state index is 12.0. The number of nitrogens with one attached hydrogen (secondary N) is 1. The summed E-state index contributed by atoms with van der Waals surface area (Å²) in [6.45, 7) is 3.95. The summed E-state index contributed by atoms with van der Waals surface area (Å²) < 4.78 is 5.27. The molecule has 0 aliphatic carbocycles. The van der Waals surface area contributed by atoms with Crippen molar-refractivity contribution in [3.8, 4) is 0 Å². The number of carbonyl (C=O) groups excluding carboxylic acids is 2. The highest BCUT2D eigenvalue weighted by molar-refractivity contribution is 9.10. The number of hydrogen-bond donors (Lipinski definition) is 1. The molecular formula is C13H17BrN2O3. The van der Waals surface area contributed by atoms with Gasteiger partial charge >= 0.3 is 5.97 Å². The molecule has 104 valence electrons. The van der Waals surface area contributed by atoms with Crippen LogP contribution in [0.15, 0.2) is 22.9 Å². The van der Waals surface area contributed by atoms with Crippen LogP contribution in [0.2, 0.25) is 0 Å². The van der Waals surface area contributed by atoms with E-state index >= 15 is 0 Å². The minimum Gasteiger partial charge on any atom is -0.467 e. The van der Waals surface area contributed by atoms with Crippen molar-refractivity contribution in [2.45, 2.75) is 26.3 Å². The molecule has 1 atom stereocenters. The molecule has 0 saturated carbocycles. The van der Waals surface area contributed by atoms with Crippen LogP contribution in [-0.4, -0.2) is 30.0 Å². The van der Waals surface area contributed by atoms with E-state index in [9.17, 15) is 9.59 Å². The molecule has 0 aliphatic rings. The third-order valence-corrected chi connectivity index (χ3v) is 2.92. The molecule has 0 fully saturated rings. The third-order valence-electron chi connectivity index (χ3n) is 2.49. The molecule has 1 unspecified atom stereocenters. The van der Waals surface area contributed by atoms with Gasteiger partial charge in [0.25, 0.3) is 5.91 Å². The van der Waals surface area contributed by atoms with Crippen LogP contribution in [0.25, 0.3) is 0 Å². The van der Waals surface area contributed by atoms with Gasteiger partial charge in [-0.3, -0.25) is 4.79 Å². The number of ether oxygens (including phenoxy) is 1. The SMILES string of the molecule is COC(=O)C(CC(C)C)NC(=O)c1ccnc(Br)c1. The van der Waals surface area contributed by atoms with Gasteiger partial charge in [0.2, 0.25) is 0 Å². The number of rotatable bonds is 5. The van der Waals surface area contributed by atoms with Gasteiger partial charge in [0.05, 0.1) is 7.11 Å². The zero-order valence-electron chi connectivity index (χ0n) is 11.1.